The number of hydrogen-bond acceptors (Lipinski definition) is 2. The van der Waals surface area contributed by atoms with E-state index in [-0.39, 0.29) is 24.3 Å². The molecule has 0 spiro atoms. The van der Waals surface area contributed by atoms with Gasteiger partial charge in [0.25, 0.3) is 0 Å². The molecule has 0 bridgehead atoms. The van der Waals surface area contributed by atoms with Crippen molar-refractivity contribution in [3.8, 4) is 0 Å². The van der Waals surface area contributed by atoms with Gasteiger partial charge in [-0.25, -0.2) is 4.39 Å². The molecule has 0 aliphatic heterocycles. The van der Waals surface area contributed by atoms with E-state index in [1.807, 2.05) is 0 Å². The molecule has 0 fully saturated rings. The van der Waals surface area contributed by atoms with Crippen molar-refractivity contribution in [1.82, 2.24) is 0 Å². The minimum atomic E-state index is -0.292. The molecule has 1 aromatic rings. The molecule has 1 atom stereocenters. The van der Waals surface area contributed by atoms with Gasteiger partial charge in [0.2, 0.25) is 0 Å². The highest BCUT2D eigenvalue weighted by Gasteiger charge is 2.10. The second-order valence-electron chi connectivity index (χ2n) is 2.85. The van der Waals surface area contributed by atoms with Crippen molar-refractivity contribution in [2.75, 3.05) is 6.54 Å². The molecule has 0 amide bonds. The quantitative estimate of drug-likeness (QED) is 0.835. The highest BCUT2D eigenvalue weighted by Crippen LogP contribution is 2.19. The zero-order valence-electron chi connectivity index (χ0n) is 7.54. The minimum absolute atomic E-state index is 0. The summed E-state index contributed by atoms with van der Waals surface area (Å²) in [5, 5.41) is 0. The molecule has 2 nitrogen and oxygen atoms in total. The number of halogens is 3. The van der Waals surface area contributed by atoms with Crippen LogP contribution in [0.1, 0.15) is 18.0 Å². The Morgan fingerprint density at radius 2 is 2.07 bits per heavy atom. The number of benzene rings is 1. The van der Waals surface area contributed by atoms with Crippen LogP contribution in [0.25, 0.3) is 0 Å². The van der Waals surface area contributed by atoms with E-state index < -0.39 is 0 Å². The van der Waals surface area contributed by atoms with Crippen molar-refractivity contribution in [2.24, 2.45) is 11.5 Å². The fraction of sp³-hybridized carbons (Fsp3) is 0.333. The number of nitrogens with two attached hydrogens (primary N) is 2. The largest absolute Gasteiger partial charge is 0.330 e. The zero-order valence-corrected chi connectivity index (χ0v) is 10.5. The summed E-state index contributed by atoms with van der Waals surface area (Å²) < 4.78 is 14.2. The van der Waals surface area contributed by atoms with Crippen LogP contribution in [0.2, 0.25) is 0 Å². The van der Waals surface area contributed by atoms with Gasteiger partial charge in [0.05, 0.1) is 0 Å². The van der Waals surface area contributed by atoms with Crippen LogP contribution in [-0.2, 0) is 0 Å². The van der Waals surface area contributed by atoms with E-state index in [4.69, 9.17) is 11.5 Å². The molecule has 0 aliphatic carbocycles. The van der Waals surface area contributed by atoms with Gasteiger partial charge in [0, 0.05) is 15.2 Å². The van der Waals surface area contributed by atoms with Gasteiger partial charge in [-0.15, -0.1) is 12.4 Å². The van der Waals surface area contributed by atoms with Crippen molar-refractivity contribution in [1.29, 1.82) is 0 Å². The molecule has 0 heterocycles. The summed E-state index contributed by atoms with van der Waals surface area (Å²) in [7, 11) is 0. The summed E-state index contributed by atoms with van der Waals surface area (Å²) in [6.07, 6.45) is 0.608. The smallest absolute Gasteiger partial charge is 0.128 e. The molecule has 0 unspecified atom stereocenters. The van der Waals surface area contributed by atoms with Crippen LogP contribution in [0.4, 0.5) is 4.39 Å². The van der Waals surface area contributed by atoms with E-state index in [0.29, 0.717) is 18.5 Å². The maximum absolute atomic E-state index is 13.2. The average Bonchev–Trinajstić information content (AvgIpc) is 2.09. The first kappa shape index (κ1) is 14.1. The molecule has 5 heteroatoms. The predicted molar refractivity (Wildman–Crippen MR) is 67.0 cm³/mol. The minimum Gasteiger partial charge on any atom is -0.330 e. The van der Waals surface area contributed by atoms with E-state index in [9.17, 15) is 4.39 Å². The number of rotatable bonds is 3. The van der Waals surface area contributed by atoms with Gasteiger partial charge in [-0.1, -0.05) is 0 Å². The molecule has 4 N–H and O–H groups in total. The van der Waals surface area contributed by atoms with Gasteiger partial charge in [-0.05, 0) is 53.8 Å². The van der Waals surface area contributed by atoms with Crippen molar-refractivity contribution in [3.63, 3.8) is 0 Å². The molecule has 80 valence electrons. The SMILES string of the molecule is Cl.NCC[C@@H](N)c1cc(I)ccc1F. The van der Waals surface area contributed by atoms with Crippen molar-refractivity contribution in [3.05, 3.63) is 33.1 Å². The second kappa shape index (κ2) is 6.55. The van der Waals surface area contributed by atoms with Crippen LogP contribution in [0.15, 0.2) is 18.2 Å². The third kappa shape index (κ3) is 3.68. The zero-order chi connectivity index (χ0) is 9.84. The Bertz CT molecular complexity index is 296. The Balaban J connectivity index is 0.00000169. The van der Waals surface area contributed by atoms with Gasteiger partial charge < -0.3 is 11.5 Å². The van der Waals surface area contributed by atoms with E-state index >= 15 is 0 Å². The summed E-state index contributed by atoms with van der Waals surface area (Å²) in [6.45, 7) is 0.478. The molecule has 14 heavy (non-hydrogen) atoms. The normalized spacial score (nSPS) is 12.0. The van der Waals surface area contributed by atoms with Crippen LogP contribution in [-0.4, -0.2) is 6.54 Å². The Hall–Kier alpha value is 0.0900. The topological polar surface area (TPSA) is 52.0 Å². The summed E-state index contributed by atoms with van der Waals surface area (Å²) in [4.78, 5) is 0. The fourth-order valence-electron chi connectivity index (χ4n) is 1.13. The summed E-state index contributed by atoms with van der Waals surface area (Å²) in [5.74, 6) is -0.249. The monoisotopic (exact) mass is 330 g/mol. The maximum atomic E-state index is 13.2. The first-order valence-corrected chi connectivity index (χ1v) is 5.13. The predicted octanol–water partition coefficient (Wildman–Crippen LogP) is 2.20. The Labute approximate surface area is 103 Å². The van der Waals surface area contributed by atoms with Crippen LogP contribution >= 0.6 is 35.0 Å². The van der Waals surface area contributed by atoms with Crippen LogP contribution in [0, 0.1) is 9.39 Å². The van der Waals surface area contributed by atoms with E-state index in [1.165, 1.54) is 6.07 Å². The standard InChI is InChI=1S/C9H12FIN2.ClH/c10-8-2-1-6(11)5-7(8)9(13)3-4-12;/h1-2,5,9H,3-4,12-13H2;1H/t9-;/m1./s1. The lowest BCUT2D eigenvalue weighted by molar-refractivity contribution is 0.567. The highest BCUT2D eigenvalue weighted by molar-refractivity contribution is 14.1. The molecule has 0 saturated heterocycles. The van der Waals surface area contributed by atoms with E-state index in [1.54, 1.807) is 12.1 Å². The van der Waals surface area contributed by atoms with Gasteiger partial charge in [0.1, 0.15) is 5.82 Å². The summed E-state index contributed by atoms with van der Waals surface area (Å²) in [6, 6.07) is 4.62. The molecular formula is C9H13ClFIN2. The lowest BCUT2D eigenvalue weighted by Crippen LogP contribution is -2.16. The Morgan fingerprint density at radius 1 is 1.43 bits per heavy atom. The van der Waals surface area contributed by atoms with Gasteiger partial charge in [-0.2, -0.15) is 0 Å². The van der Waals surface area contributed by atoms with Crippen LogP contribution in [0.3, 0.4) is 0 Å². The van der Waals surface area contributed by atoms with E-state index in [2.05, 4.69) is 22.6 Å². The van der Waals surface area contributed by atoms with Gasteiger partial charge >= 0.3 is 0 Å². The molecule has 0 radical (unpaired) electrons. The fourth-order valence-corrected chi connectivity index (χ4v) is 1.65. The summed E-state index contributed by atoms with van der Waals surface area (Å²) >= 11 is 2.13. The van der Waals surface area contributed by atoms with Crippen LogP contribution in [0.5, 0.6) is 0 Å². The van der Waals surface area contributed by atoms with E-state index in [0.717, 1.165) is 3.57 Å². The molecule has 0 aliphatic rings. The molecule has 1 aromatic carbocycles. The highest BCUT2D eigenvalue weighted by atomic mass is 127. The summed E-state index contributed by atoms with van der Waals surface area (Å²) in [5.41, 5.74) is 11.7. The average molecular weight is 331 g/mol. The van der Waals surface area contributed by atoms with Crippen LogP contribution < -0.4 is 11.5 Å². The Kier molecular flexibility index (Phi) is 6.59. The maximum Gasteiger partial charge on any atom is 0.128 e. The molecule has 0 aromatic heterocycles. The first-order chi connectivity index (χ1) is 6.15. The Morgan fingerprint density at radius 3 is 2.64 bits per heavy atom. The third-order valence-electron chi connectivity index (χ3n) is 1.84. The molecule has 0 saturated carbocycles. The lowest BCUT2D eigenvalue weighted by Gasteiger charge is -2.11. The molecular weight excluding hydrogens is 317 g/mol. The van der Waals surface area contributed by atoms with Crippen molar-refractivity contribution >= 4 is 35.0 Å². The van der Waals surface area contributed by atoms with Gasteiger partial charge in [-0.3, -0.25) is 0 Å². The van der Waals surface area contributed by atoms with Crippen molar-refractivity contribution in [2.45, 2.75) is 12.5 Å². The number of hydrogen-bond donors (Lipinski definition) is 2. The molecule has 1 rings (SSSR count). The lowest BCUT2D eigenvalue weighted by atomic mass is 10.0. The third-order valence-corrected chi connectivity index (χ3v) is 2.51. The van der Waals surface area contributed by atoms with Crippen molar-refractivity contribution < 1.29 is 4.39 Å². The van der Waals surface area contributed by atoms with Gasteiger partial charge in [0.15, 0.2) is 0 Å². The first-order valence-electron chi connectivity index (χ1n) is 4.05. The second-order valence-corrected chi connectivity index (χ2v) is 4.10.